The summed E-state index contributed by atoms with van der Waals surface area (Å²) in [6.07, 6.45) is 7.57. The van der Waals surface area contributed by atoms with Gasteiger partial charge in [0.15, 0.2) is 29.8 Å². The Morgan fingerprint density at radius 1 is 1.20 bits per heavy atom. The van der Waals surface area contributed by atoms with Crippen molar-refractivity contribution in [2.75, 3.05) is 24.6 Å². The van der Waals surface area contributed by atoms with E-state index >= 15 is 0 Å². The van der Waals surface area contributed by atoms with E-state index < -0.39 is 40.8 Å². The van der Waals surface area contributed by atoms with Crippen LogP contribution in [0.4, 0.5) is 5.13 Å². The van der Waals surface area contributed by atoms with Gasteiger partial charge in [-0.05, 0) is 38.8 Å². The maximum Gasteiger partial charge on any atom is 0.352 e. The van der Waals surface area contributed by atoms with Crippen molar-refractivity contribution in [3.05, 3.63) is 82.4 Å². The van der Waals surface area contributed by atoms with Gasteiger partial charge in [-0.3, -0.25) is 24.2 Å². The van der Waals surface area contributed by atoms with Crippen molar-refractivity contribution in [2.45, 2.75) is 62.8 Å². The van der Waals surface area contributed by atoms with Crippen molar-refractivity contribution >= 4 is 74.4 Å². The third-order valence-corrected chi connectivity index (χ3v) is 11.6. The van der Waals surface area contributed by atoms with Crippen LogP contribution in [0, 0.1) is 0 Å². The zero-order valence-corrected chi connectivity index (χ0v) is 32.0. The van der Waals surface area contributed by atoms with Crippen molar-refractivity contribution in [2.24, 2.45) is 15.9 Å². The number of piperidine rings is 1. The maximum atomic E-state index is 13.5. The molecule has 18 nitrogen and oxygen atoms in total. The number of carboxylic acids is 2. The number of anilines is 1. The molecule has 2 amide bonds. The number of nitrogens with one attached hydrogen (secondary N) is 2. The van der Waals surface area contributed by atoms with Crippen LogP contribution in [0.3, 0.4) is 0 Å². The van der Waals surface area contributed by atoms with Crippen LogP contribution in [-0.4, -0.2) is 107 Å². The highest BCUT2D eigenvalue weighted by atomic mass is 32.2. The summed E-state index contributed by atoms with van der Waals surface area (Å²) in [4.78, 5) is 66.1. The summed E-state index contributed by atoms with van der Waals surface area (Å²) in [7, 11) is 0. The smallest absolute Gasteiger partial charge is 0.352 e. The van der Waals surface area contributed by atoms with Crippen LogP contribution in [0.15, 0.2) is 75.7 Å². The first kappa shape index (κ1) is 38.4. The first-order valence-electron chi connectivity index (χ1n) is 17.7. The van der Waals surface area contributed by atoms with E-state index in [1.807, 2.05) is 52.0 Å². The third kappa shape index (κ3) is 7.93. The zero-order valence-electron chi connectivity index (χ0n) is 30.4. The number of fused-ring (bicyclic) bond motifs is 2. The molecule has 20 heteroatoms. The Morgan fingerprint density at radius 3 is 2.66 bits per heavy atom. The number of carboxylic acid groups (broad SMARTS) is 2. The fourth-order valence-electron chi connectivity index (χ4n) is 6.51. The molecule has 0 spiro atoms. The number of nitrogen functional groups attached to an aromatic ring is 1. The van der Waals surface area contributed by atoms with Gasteiger partial charge < -0.3 is 37.2 Å². The van der Waals surface area contributed by atoms with E-state index in [1.165, 1.54) is 35.9 Å². The van der Waals surface area contributed by atoms with Crippen molar-refractivity contribution in [3.8, 4) is 0 Å². The lowest BCUT2D eigenvalue weighted by atomic mass is 10.0. The summed E-state index contributed by atoms with van der Waals surface area (Å²) < 4.78 is 3.73. The number of amides is 2. The summed E-state index contributed by atoms with van der Waals surface area (Å²) in [5.41, 5.74) is 13.1. The average molecular weight is 803 g/mol. The summed E-state index contributed by atoms with van der Waals surface area (Å²) in [6, 6.07) is 8.96. The molecule has 3 aliphatic rings. The second kappa shape index (κ2) is 15.7. The molecule has 2 saturated heterocycles. The number of carbonyl (C=O) groups is 4. The number of pyridine rings is 1. The van der Waals surface area contributed by atoms with Crippen molar-refractivity contribution in [3.63, 3.8) is 0 Å². The number of amidine groups is 1. The minimum absolute atomic E-state index is 0.0206. The minimum Gasteiger partial charge on any atom is -0.478 e. The molecule has 0 radical (unpaired) electrons. The van der Waals surface area contributed by atoms with Gasteiger partial charge in [0.2, 0.25) is 5.60 Å². The monoisotopic (exact) mass is 802 g/mol. The van der Waals surface area contributed by atoms with Gasteiger partial charge in [0, 0.05) is 34.9 Å². The molecule has 3 aromatic heterocycles. The molecule has 6 heterocycles. The summed E-state index contributed by atoms with van der Waals surface area (Å²) in [6.45, 7) is 5.08. The lowest BCUT2D eigenvalue weighted by Crippen LogP contribution is -2.71. The van der Waals surface area contributed by atoms with Gasteiger partial charge in [0.05, 0.1) is 29.7 Å². The number of aromatic nitrogens is 4. The van der Waals surface area contributed by atoms with Crippen LogP contribution in [0.2, 0.25) is 0 Å². The number of hydrogen-bond acceptors (Lipinski definition) is 13. The number of oxime groups is 1. The summed E-state index contributed by atoms with van der Waals surface area (Å²) >= 11 is 2.33. The van der Waals surface area contributed by atoms with E-state index in [-0.39, 0.29) is 40.6 Å². The van der Waals surface area contributed by atoms with Gasteiger partial charge in [-0.15, -0.1) is 23.1 Å². The molecule has 7 rings (SSSR count). The molecule has 0 aliphatic carbocycles. The highest BCUT2D eigenvalue weighted by Crippen LogP contribution is 2.40. The molecule has 3 aliphatic heterocycles. The van der Waals surface area contributed by atoms with E-state index in [0.717, 1.165) is 59.3 Å². The van der Waals surface area contributed by atoms with Crippen LogP contribution < -0.4 is 26.7 Å². The number of aliphatic imine (C=N–C) groups is 1. The van der Waals surface area contributed by atoms with Gasteiger partial charge in [0.25, 0.3) is 11.8 Å². The maximum absolute atomic E-state index is 13.5. The summed E-state index contributed by atoms with van der Waals surface area (Å²) in [5, 5.41) is 35.7. The standard InChI is InChI=1S/C36H39N11O7S2/c1-36(2,34(52)53)54-44-26(24-18-56-35(38)42-24)30(48)43-27-31(49)47-28(33(50)51)22(17-55-32(27)47)16-45-11-9-25-21(15-45)12-40-46(25)14-19-5-7-20(8-6-19)29(37)41-23-4-3-10-39-13-23/h5-9,11-12,15,18,23,27,32,39H,3-4,10,13-14,16-17H2,1-2H3,(H6-,37,38,41,42,43,48,50,51,52,53)/p+1/b44-26-/t23?,27-,32-/m1/s1. The Kier molecular flexibility index (Phi) is 10.8. The number of aliphatic carboxylic acids is 2. The molecule has 1 unspecified atom stereocenters. The lowest BCUT2D eigenvalue weighted by molar-refractivity contribution is -0.687. The van der Waals surface area contributed by atoms with E-state index in [0.29, 0.717) is 18.0 Å². The first-order chi connectivity index (χ1) is 26.8. The first-order valence-corrected chi connectivity index (χ1v) is 19.6. The molecule has 0 bridgehead atoms. The van der Waals surface area contributed by atoms with E-state index in [4.69, 9.17) is 21.3 Å². The summed E-state index contributed by atoms with van der Waals surface area (Å²) in [5.74, 6) is -3.29. The number of thioether (sulfide) groups is 1. The Labute approximate surface area is 328 Å². The van der Waals surface area contributed by atoms with Crippen molar-refractivity contribution in [1.29, 1.82) is 0 Å². The number of hydrogen-bond donors (Lipinski definition) is 6. The lowest BCUT2D eigenvalue weighted by Gasteiger charge is -2.49. The van der Waals surface area contributed by atoms with Gasteiger partial charge in [-0.2, -0.15) is 5.10 Å². The Balaban J connectivity index is 1.03. The van der Waals surface area contributed by atoms with Gasteiger partial charge in [0.1, 0.15) is 28.6 Å². The average Bonchev–Trinajstić information content (AvgIpc) is 3.79. The Bertz CT molecular complexity index is 2290. The van der Waals surface area contributed by atoms with Crippen LogP contribution in [-0.2, 0) is 37.1 Å². The molecule has 8 N–H and O–H groups in total. The number of carbonyl (C=O) groups excluding carboxylic acids is 2. The number of β-lactam (4-membered cyclic amide) rings is 1. The van der Waals surface area contributed by atoms with Crippen LogP contribution >= 0.6 is 23.1 Å². The molecule has 2 fully saturated rings. The molecule has 1 aromatic carbocycles. The minimum atomic E-state index is -1.78. The van der Waals surface area contributed by atoms with Gasteiger partial charge in [-0.1, -0.05) is 29.4 Å². The fourth-order valence-corrected chi connectivity index (χ4v) is 8.39. The molecule has 4 aromatic rings. The van der Waals surface area contributed by atoms with E-state index in [1.54, 1.807) is 6.20 Å². The van der Waals surface area contributed by atoms with E-state index in [9.17, 15) is 29.4 Å². The topological polar surface area (TPSA) is 257 Å². The molecular formula is C36H40N11O7S2+. The number of thiazole rings is 1. The second-order valence-electron chi connectivity index (χ2n) is 14.0. The number of benzene rings is 1. The molecule has 0 saturated carbocycles. The predicted molar refractivity (Wildman–Crippen MR) is 208 cm³/mol. The van der Waals surface area contributed by atoms with Crippen LogP contribution in [0.1, 0.15) is 43.5 Å². The Morgan fingerprint density at radius 2 is 1.98 bits per heavy atom. The molecule has 292 valence electrons. The van der Waals surface area contributed by atoms with Crippen LogP contribution in [0.5, 0.6) is 0 Å². The number of nitrogens with zero attached hydrogens (tertiary/aromatic N) is 7. The van der Waals surface area contributed by atoms with Gasteiger partial charge >= 0.3 is 11.9 Å². The number of rotatable bonds is 13. The molecule has 56 heavy (non-hydrogen) atoms. The normalized spacial score (nSPS) is 20.4. The third-order valence-electron chi connectivity index (χ3n) is 9.58. The fraction of sp³-hybridized carbons (Fsp3) is 0.361. The highest BCUT2D eigenvalue weighted by Gasteiger charge is 2.55. The SMILES string of the molecule is CC(C)(O/N=C(\C(=O)N[C@@H]1C(=O)N2C(C(=O)O)=C(C[n+]3ccc4c(cnn4Cc4ccc(C(N)=NC5CCCNC5)cc4)c3)CS[C@H]12)c1csc(N)n1)C(=O)O. The Hall–Kier alpha value is -5.86. The molecule has 3 atom stereocenters. The number of nitrogens with two attached hydrogens (primary N) is 2. The molecular weight excluding hydrogens is 763 g/mol. The predicted octanol–water partition coefficient (Wildman–Crippen LogP) is 0.891. The second-order valence-corrected chi connectivity index (χ2v) is 16.0. The zero-order chi connectivity index (χ0) is 39.7. The van der Waals surface area contributed by atoms with Crippen molar-refractivity contribution in [1.82, 2.24) is 30.3 Å². The largest absolute Gasteiger partial charge is 0.478 e. The quantitative estimate of drug-likeness (QED) is 0.0362. The van der Waals surface area contributed by atoms with Crippen LogP contribution in [0.25, 0.3) is 10.9 Å². The van der Waals surface area contributed by atoms with E-state index in [2.05, 4.69) is 25.9 Å². The van der Waals surface area contributed by atoms with Crippen molar-refractivity contribution < 1.29 is 38.8 Å². The van der Waals surface area contributed by atoms with Gasteiger partial charge in [-0.25, -0.2) is 19.1 Å². The highest BCUT2D eigenvalue weighted by molar-refractivity contribution is 8.00.